The fourth-order valence-electron chi connectivity index (χ4n) is 1.43. The van der Waals surface area contributed by atoms with Gasteiger partial charge in [-0.15, -0.1) is 0 Å². The third-order valence-corrected chi connectivity index (χ3v) is 2.38. The van der Waals surface area contributed by atoms with Crippen molar-refractivity contribution >= 4 is 5.97 Å². The first kappa shape index (κ1) is 10.9. The summed E-state index contributed by atoms with van der Waals surface area (Å²) in [7, 11) is 0. The first-order valence-electron chi connectivity index (χ1n) is 5.27. The van der Waals surface area contributed by atoms with Crippen molar-refractivity contribution in [2.45, 2.75) is 26.1 Å². The maximum absolute atomic E-state index is 11.6. The Bertz CT molecular complexity index is 406. The van der Waals surface area contributed by atoms with Crippen LogP contribution in [-0.4, -0.2) is 18.2 Å². The largest absolute Gasteiger partial charge is 0.425 e. The number of hydrogen-bond acceptors (Lipinski definition) is 3. The van der Waals surface area contributed by atoms with Gasteiger partial charge in [-0.25, -0.2) is 4.79 Å². The molecule has 0 amide bonds. The topological polar surface area (TPSA) is 38.8 Å². The molecule has 0 unspecified atom stereocenters. The third-order valence-electron chi connectivity index (χ3n) is 2.38. The molecule has 2 rings (SSSR count). The monoisotopic (exact) mass is 218 g/mol. The first-order valence-corrected chi connectivity index (χ1v) is 5.27. The molecule has 84 valence electrons. The quantitative estimate of drug-likeness (QED) is 0.338. The molecule has 3 nitrogen and oxygen atoms in total. The van der Waals surface area contributed by atoms with Crippen molar-refractivity contribution in [3.05, 3.63) is 42.0 Å². The molecule has 16 heavy (non-hydrogen) atoms. The molecule has 1 heterocycles. The van der Waals surface area contributed by atoms with Crippen molar-refractivity contribution in [3.8, 4) is 5.75 Å². The van der Waals surface area contributed by atoms with Crippen LogP contribution in [0.25, 0.3) is 0 Å². The van der Waals surface area contributed by atoms with E-state index in [9.17, 15) is 4.79 Å². The minimum atomic E-state index is -0.433. The van der Waals surface area contributed by atoms with E-state index in [1.807, 2.05) is 38.1 Å². The number of carbonyl (C=O) groups excluding carboxylic acids is 1. The average molecular weight is 218 g/mol. The Kier molecular flexibility index (Phi) is 3.06. The van der Waals surface area contributed by atoms with Gasteiger partial charge in [-0.1, -0.05) is 29.8 Å². The summed E-state index contributed by atoms with van der Waals surface area (Å²) in [4.78, 5) is 11.6. The summed E-state index contributed by atoms with van der Waals surface area (Å²) >= 11 is 0. The highest BCUT2D eigenvalue weighted by Crippen LogP contribution is 2.25. The van der Waals surface area contributed by atoms with Crippen molar-refractivity contribution in [2.24, 2.45) is 0 Å². The molecule has 3 heteroatoms. The zero-order valence-electron chi connectivity index (χ0n) is 9.34. The Morgan fingerprint density at radius 3 is 2.69 bits per heavy atom. The normalized spacial score (nSPS) is 23.4. The molecule has 1 fully saturated rings. The van der Waals surface area contributed by atoms with E-state index in [0.29, 0.717) is 5.75 Å². The zero-order chi connectivity index (χ0) is 11.5. The van der Waals surface area contributed by atoms with Gasteiger partial charge in [-0.05, 0) is 26.0 Å². The highest BCUT2D eigenvalue weighted by molar-refractivity contribution is 5.80. The second-order valence-electron chi connectivity index (χ2n) is 3.78. The molecule has 1 aromatic carbocycles. The Hall–Kier alpha value is -1.61. The van der Waals surface area contributed by atoms with Crippen LogP contribution in [0.5, 0.6) is 5.75 Å². The lowest BCUT2D eigenvalue weighted by Gasteiger charge is -2.01. The predicted octanol–water partition coefficient (Wildman–Crippen LogP) is 2.24. The van der Waals surface area contributed by atoms with Crippen LogP contribution in [0.2, 0.25) is 0 Å². The number of epoxide rings is 1. The summed E-state index contributed by atoms with van der Waals surface area (Å²) in [5.74, 6) is 0.234. The summed E-state index contributed by atoms with van der Waals surface area (Å²) in [6, 6.07) is 7.36. The summed E-state index contributed by atoms with van der Waals surface area (Å²) in [5.41, 5.74) is 1.13. The second kappa shape index (κ2) is 4.49. The molecule has 0 spiro atoms. The zero-order valence-corrected chi connectivity index (χ0v) is 9.34. The SMILES string of the molecule is C/C=C/[C@H]1O[C@@H]1C(=O)Oc1ccc(C)cc1. The minimum absolute atomic E-state index is 0.108. The summed E-state index contributed by atoms with van der Waals surface area (Å²) in [5, 5.41) is 0. The molecule has 0 bridgehead atoms. The van der Waals surface area contributed by atoms with Gasteiger partial charge in [0.05, 0.1) is 0 Å². The Labute approximate surface area is 94.7 Å². The van der Waals surface area contributed by atoms with Crippen molar-refractivity contribution in [1.82, 2.24) is 0 Å². The number of benzene rings is 1. The van der Waals surface area contributed by atoms with Gasteiger partial charge in [-0.2, -0.15) is 0 Å². The van der Waals surface area contributed by atoms with Crippen molar-refractivity contribution < 1.29 is 14.3 Å². The van der Waals surface area contributed by atoms with Crippen LogP contribution in [0, 0.1) is 6.92 Å². The van der Waals surface area contributed by atoms with E-state index in [-0.39, 0.29) is 12.1 Å². The Balaban J connectivity index is 1.91. The van der Waals surface area contributed by atoms with Gasteiger partial charge in [0.2, 0.25) is 0 Å². The molecule has 0 saturated carbocycles. The molecule has 1 aromatic rings. The van der Waals surface area contributed by atoms with Gasteiger partial charge >= 0.3 is 5.97 Å². The van der Waals surface area contributed by atoms with Crippen LogP contribution in [-0.2, 0) is 9.53 Å². The number of rotatable bonds is 3. The van der Waals surface area contributed by atoms with Gasteiger partial charge in [0, 0.05) is 0 Å². The van der Waals surface area contributed by atoms with Crippen molar-refractivity contribution in [3.63, 3.8) is 0 Å². The molecule has 0 N–H and O–H groups in total. The number of esters is 1. The number of carbonyl (C=O) groups is 1. The molecule has 1 saturated heterocycles. The Morgan fingerprint density at radius 1 is 1.38 bits per heavy atom. The number of hydrogen-bond donors (Lipinski definition) is 0. The van der Waals surface area contributed by atoms with Gasteiger partial charge < -0.3 is 9.47 Å². The lowest BCUT2D eigenvalue weighted by molar-refractivity contribution is -0.135. The third kappa shape index (κ3) is 2.49. The molecule has 1 aliphatic heterocycles. The summed E-state index contributed by atoms with van der Waals surface area (Å²) in [6.07, 6.45) is 3.17. The van der Waals surface area contributed by atoms with E-state index in [0.717, 1.165) is 5.56 Å². The molecular weight excluding hydrogens is 204 g/mol. The van der Waals surface area contributed by atoms with Crippen LogP contribution in [0.15, 0.2) is 36.4 Å². The van der Waals surface area contributed by atoms with Crippen LogP contribution in [0.4, 0.5) is 0 Å². The van der Waals surface area contributed by atoms with E-state index in [4.69, 9.17) is 9.47 Å². The van der Waals surface area contributed by atoms with E-state index in [1.165, 1.54) is 0 Å². The highest BCUT2D eigenvalue weighted by Gasteiger charge is 2.44. The maximum Gasteiger partial charge on any atom is 0.343 e. The van der Waals surface area contributed by atoms with Gasteiger partial charge in [-0.3, -0.25) is 0 Å². The fraction of sp³-hybridized carbons (Fsp3) is 0.308. The lowest BCUT2D eigenvalue weighted by atomic mass is 10.2. The molecule has 0 aliphatic carbocycles. The van der Waals surface area contributed by atoms with Crippen LogP contribution in [0.3, 0.4) is 0 Å². The smallest absolute Gasteiger partial charge is 0.343 e. The maximum atomic E-state index is 11.6. The van der Waals surface area contributed by atoms with Gasteiger partial charge in [0.15, 0.2) is 6.10 Å². The number of allylic oxidation sites excluding steroid dienone is 1. The lowest BCUT2D eigenvalue weighted by Crippen LogP contribution is -2.16. The van der Waals surface area contributed by atoms with E-state index >= 15 is 0 Å². The predicted molar refractivity (Wildman–Crippen MR) is 60.3 cm³/mol. The standard InChI is InChI=1S/C13H14O3/c1-3-4-11-12(16-11)13(14)15-10-7-5-9(2)6-8-10/h3-8,11-12H,1-2H3/b4-3+/t11-,12+/m1/s1. The first-order chi connectivity index (χ1) is 7.70. The molecule has 1 aliphatic rings. The van der Waals surface area contributed by atoms with E-state index in [1.54, 1.807) is 12.1 Å². The van der Waals surface area contributed by atoms with E-state index < -0.39 is 6.10 Å². The van der Waals surface area contributed by atoms with Crippen LogP contribution in [0.1, 0.15) is 12.5 Å². The van der Waals surface area contributed by atoms with Crippen molar-refractivity contribution in [2.75, 3.05) is 0 Å². The minimum Gasteiger partial charge on any atom is -0.425 e. The summed E-state index contributed by atoms with van der Waals surface area (Å²) in [6.45, 7) is 3.88. The average Bonchev–Trinajstić information content (AvgIpc) is 3.01. The summed E-state index contributed by atoms with van der Waals surface area (Å²) < 4.78 is 10.3. The number of ether oxygens (including phenoxy) is 2. The molecule has 2 atom stereocenters. The van der Waals surface area contributed by atoms with Crippen LogP contribution >= 0.6 is 0 Å². The second-order valence-corrected chi connectivity index (χ2v) is 3.78. The molecule has 0 aromatic heterocycles. The van der Waals surface area contributed by atoms with Crippen molar-refractivity contribution in [1.29, 1.82) is 0 Å². The molecular formula is C13H14O3. The van der Waals surface area contributed by atoms with Gasteiger partial charge in [0.1, 0.15) is 11.9 Å². The van der Waals surface area contributed by atoms with Crippen LogP contribution < -0.4 is 4.74 Å². The molecule has 0 radical (unpaired) electrons. The Morgan fingerprint density at radius 2 is 2.06 bits per heavy atom. The number of aryl methyl sites for hydroxylation is 1. The highest BCUT2D eigenvalue weighted by atomic mass is 16.6. The fourth-order valence-corrected chi connectivity index (χ4v) is 1.43. The van der Waals surface area contributed by atoms with E-state index in [2.05, 4.69) is 0 Å². The van der Waals surface area contributed by atoms with Gasteiger partial charge in [0.25, 0.3) is 0 Å².